The van der Waals surface area contributed by atoms with Crippen molar-refractivity contribution in [1.82, 2.24) is 5.32 Å². The Balaban J connectivity index is 2.38. The first-order valence-corrected chi connectivity index (χ1v) is 6.30. The first kappa shape index (κ1) is 14.8. The maximum Gasteiger partial charge on any atom is 0.224 e. The van der Waals surface area contributed by atoms with Crippen molar-refractivity contribution in [3.05, 3.63) is 29.3 Å². The molecule has 2 unspecified atom stereocenters. The van der Waals surface area contributed by atoms with E-state index in [0.29, 0.717) is 23.9 Å². The number of ether oxygens (including phenoxy) is 1. The number of carbonyl (C=O) groups excluding carboxylic acids is 1. The number of rotatable bonds is 6. The number of amides is 1. The minimum absolute atomic E-state index is 0.0564. The second-order valence-electron chi connectivity index (χ2n) is 4.27. The fourth-order valence-electron chi connectivity index (χ4n) is 1.34. The van der Waals surface area contributed by atoms with E-state index in [1.54, 1.807) is 19.1 Å². The Bertz CT molecular complexity index is 398. The largest absolute Gasteiger partial charge is 0.489 e. The van der Waals surface area contributed by atoms with Crippen molar-refractivity contribution in [3.63, 3.8) is 0 Å². The fraction of sp³-hybridized carbons (Fsp3) is 0.462. The number of carbonyl (C=O) groups is 1. The molecule has 0 aliphatic carbocycles. The van der Waals surface area contributed by atoms with Crippen LogP contribution in [0.2, 0.25) is 5.02 Å². The van der Waals surface area contributed by atoms with Crippen LogP contribution in [0.15, 0.2) is 24.3 Å². The first-order chi connectivity index (χ1) is 8.52. The molecule has 100 valence electrons. The number of hydrogen-bond acceptors (Lipinski definition) is 3. The molecule has 2 atom stereocenters. The third-order valence-electron chi connectivity index (χ3n) is 2.50. The van der Waals surface area contributed by atoms with Gasteiger partial charge in [-0.25, -0.2) is 0 Å². The van der Waals surface area contributed by atoms with E-state index in [0.717, 1.165) is 0 Å². The Hall–Kier alpha value is -1.26. The topological polar surface area (TPSA) is 64.4 Å². The molecule has 3 N–H and O–H groups in total. The first-order valence-electron chi connectivity index (χ1n) is 5.93. The van der Waals surface area contributed by atoms with Crippen molar-refractivity contribution in [1.29, 1.82) is 0 Å². The second kappa shape index (κ2) is 7.24. The molecule has 0 saturated carbocycles. The van der Waals surface area contributed by atoms with E-state index in [1.807, 2.05) is 19.1 Å². The number of hydrogen-bond donors (Lipinski definition) is 2. The van der Waals surface area contributed by atoms with Gasteiger partial charge in [-0.05, 0) is 25.1 Å². The molecule has 1 aromatic rings. The third-order valence-corrected chi connectivity index (χ3v) is 2.73. The maximum absolute atomic E-state index is 11.5. The van der Waals surface area contributed by atoms with E-state index in [2.05, 4.69) is 5.32 Å². The summed E-state index contributed by atoms with van der Waals surface area (Å²) in [5, 5.41) is 3.42. The Morgan fingerprint density at radius 2 is 2.22 bits per heavy atom. The normalized spacial score (nSPS) is 13.8. The average Bonchev–Trinajstić information content (AvgIpc) is 2.35. The minimum Gasteiger partial charge on any atom is -0.489 e. The second-order valence-corrected chi connectivity index (χ2v) is 4.70. The molecule has 0 fully saturated rings. The van der Waals surface area contributed by atoms with Gasteiger partial charge in [-0.2, -0.15) is 0 Å². The average molecular weight is 271 g/mol. The highest BCUT2D eigenvalue weighted by molar-refractivity contribution is 6.30. The molecule has 0 aromatic heterocycles. The van der Waals surface area contributed by atoms with Gasteiger partial charge in [-0.3, -0.25) is 4.79 Å². The van der Waals surface area contributed by atoms with Gasteiger partial charge < -0.3 is 15.8 Å². The van der Waals surface area contributed by atoms with E-state index < -0.39 is 0 Å². The molecule has 0 aliphatic heterocycles. The smallest absolute Gasteiger partial charge is 0.224 e. The predicted molar refractivity (Wildman–Crippen MR) is 72.8 cm³/mol. The lowest BCUT2D eigenvalue weighted by Crippen LogP contribution is -2.38. The number of nitrogens with one attached hydrogen (secondary N) is 1. The molecular weight excluding hydrogens is 252 g/mol. The standard InChI is InChI=1S/C13H19ClN2O2/c1-9(7-15)13(17)16-8-10(2)18-12-5-3-4-11(14)6-12/h3-6,9-10H,7-8,15H2,1-2H3,(H,16,17). The van der Waals surface area contributed by atoms with Crippen LogP contribution < -0.4 is 15.8 Å². The van der Waals surface area contributed by atoms with Crippen LogP contribution >= 0.6 is 11.6 Å². The summed E-state index contributed by atoms with van der Waals surface area (Å²) in [5.41, 5.74) is 5.41. The SMILES string of the molecule is CC(CNC(=O)C(C)CN)Oc1cccc(Cl)c1. The molecule has 0 radical (unpaired) electrons. The monoisotopic (exact) mass is 270 g/mol. The quantitative estimate of drug-likeness (QED) is 0.829. The lowest BCUT2D eigenvalue weighted by atomic mass is 10.1. The molecule has 0 heterocycles. The lowest BCUT2D eigenvalue weighted by Gasteiger charge is -2.17. The van der Waals surface area contributed by atoms with Gasteiger partial charge in [0.05, 0.1) is 6.54 Å². The van der Waals surface area contributed by atoms with E-state index in [1.165, 1.54) is 0 Å². The van der Waals surface area contributed by atoms with Crippen LogP contribution in [-0.4, -0.2) is 25.1 Å². The van der Waals surface area contributed by atoms with Crippen molar-refractivity contribution in [2.45, 2.75) is 20.0 Å². The summed E-state index contributed by atoms with van der Waals surface area (Å²) >= 11 is 5.85. The van der Waals surface area contributed by atoms with E-state index in [9.17, 15) is 4.79 Å². The van der Waals surface area contributed by atoms with Crippen molar-refractivity contribution in [3.8, 4) is 5.75 Å². The summed E-state index contributed by atoms with van der Waals surface area (Å²) in [6.45, 7) is 4.46. The van der Waals surface area contributed by atoms with Gasteiger partial charge in [0.15, 0.2) is 0 Å². The summed E-state index contributed by atoms with van der Waals surface area (Å²) in [5.74, 6) is 0.457. The van der Waals surface area contributed by atoms with Crippen LogP contribution in [0.4, 0.5) is 0 Å². The van der Waals surface area contributed by atoms with Crippen molar-refractivity contribution < 1.29 is 9.53 Å². The summed E-state index contributed by atoms with van der Waals surface area (Å²) in [4.78, 5) is 11.5. The van der Waals surface area contributed by atoms with Crippen molar-refractivity contribution >= 4 is 17.5 Å². The zero-order chi connectivity index (χ0) is 13.5. The van der Waals surface area contributed by atoms with Crippen LogP contribution in [0.25, 0.3) is 0 Å². The van der Waals surface area contributed by atoms with Gasteiger partial charge in [0.2, 0.25) is 5.91 Å². The molecule has 0 saturated heterocycles. The minimum atomic E-state index is -0.177. The van der Waals surface area contributed by atoms with Gasteiger partial charge in [0, 0.05) is 17.5 Å². The number of halogens is 1. The third kappa shape index (κ3) is 4.94. The maximum atomic E-state index is 11.5. The highest BCUT2D eigenvalue weighted by atomic mass is 35.5. The molecule has 0 bridgehead atoms. The van der Waals surface area contributed by atoms with Crippen LogP contribution in [0, 0.1) is 5.92 Å². The highest BCUT2D eigenvalue weighted by Gasteiger charge is 2.12. The molecule has 18 heavy (non-hydrogen) atoms. The summed E-state index contributed by atoms with van der Waals surface area (Å²) in [7, 11) is 0. The van der Waals surface area contributed by atoms with E-state index in [-0.39, 0.29) is 17.9 Å². The highest BCUT2D eigenvalue weighted by Crippen LogP contribution is 2.18. The number of benzene rings is 1. The molecule has 0 aliphatic rings. The van der Waals surface area contributed by atoms with Gasteiger partial charge in [-0.15, -0.1) is 0 Å². The van der Waals surface area contributed by atoms with Crippen LogP contribution in [0.3, 0.4) is 0 Å². The van der Waals surface area contributed by atoms with Gasteiger partial charge in [0.1, 0.15) is 11.9 Å². The van der Waals surface area contributed by atoms with Gasteiger partial charge in [-0.1, -0.05) is 24.6 Å². The van der Waals surface area contributed by atoms with Crippen molar-refractivity contribution in [2.75, 3.05) is 13.1 Å². The molecule has 1 rings (SSSR count). The van der Waals surface area contributed by atoms with Crippen LogP contribution in [-0.2, 0) is 4.79 Å². The molecule has 1 aromatic carbocycles. The van der Waals surface area contributed by atoms with Gasteiger partial charge in [0.25, 0.3) is 0 Å². The predicted octanol–water partition coefficient (Wildman–Crippen LogP) is 1.82. The van der Waals surface area contributed by atoms with Crippen LogP contribution in [0.5, 0.6) is 5.75 Å². The summed E-state index contributed by atoms with van der Waals surface area (Å²) < 4.78 is 5.63. The zero-order valence-corrected chi connectivity index (χ0v) is 11.4. The summed E-state index contributed by atoms with van der Waals surface area (Å²) in [6, 6.07) is 7.17. The molecule has 0 spiro atoms. The van der Waals surface area contributed by atoms with Crippen LogP contribution in [0.1, 0.15) is 13.8 Å². The Labute approximate surface area is 112 Å². The Kier molecular flexibility index (Phi) is 5.95. The lowest BCUT2D eigenvalue weighted by molar-refractivity contribution is -0.124. The molecule has 4 nitrogen and oxygen atoms in total. The summed E-state index contributed by atoms with van der Waals surface area (Å²) in [6.07, 6.45) is -0.127. The Morgan fingerprint density at radius 1 is 1.50 bits per heavy atom. The van der Waals surface area contributed by atoms with E-state index >= 15 is 0 Å². The number of nitrogens with two attached hydrogens (primary N) is 1. The zero-order valence-electron chi connectivity index (χ0n) is 10.7. The fourth-order valence-corrected chi connectivity index (χ4v) is 1.52. The van der Waals surface area contributed by atoms with E-state index in [4.69, 9.17) is 22.1 Å². The van der Waals surface area contributed by atoms with Gasteiger partial charge >= 0.3 is 0 Å². The molecule has 5 heteroatoms. The Morgan fingerprint density at radius 3 is 2.83 bits per heavy atom. The molecular formula is C13H19ClN2O2. The molecule has 1 amide bonds. The van der Waals surface area contributed by atoms with Crippen molar-refractivity contribution in [2.24, 2.45) is 11.7 Å².